The highest BCUT2D eigenvalue weighted by molar-refractivity contribution is 7.94. The van der Waals surface area contributed by atoms with E-state index in [1.807, 2.05) is 30.3 Å². The van der Waals surface area contributed by atoms with Crippen LogP contribution >= 0.6 is 0 Å². The second-order valence-electron chi connectivity index (χ2n) is 3.92. The van der Waals surface area contributed by atoms with Gasteiger partial charge in [0.1, 0.15) is 0 Å². The molecular formula is C12H10N4O2S. The molecule has 0 bridgehead atoms. The molecule has 0 radical (unpaired) electrons. The third-order valence-corrected chi connectivity index (χ3v) is 4.18. The third kappa shape index (κ3) is 1.93. The summed E-state index contributed by atoms with van der Waals surface area (Å²) in [6.07, 6.45) is 1.58. The number of anilines is 2. The highest BCUT2D eigenvalue weighted by Crippen LogP contribution is 2.29. The molecule has 0 saturated heterocycles. The summed E-state index contributed by atoms with van der Waals surface area (Å²) in [6, 6.07) is 9.21. The number of aromatic nitrogens is 2. The van der Waals surface area contributed by atoms with Crippen LogP contribution in [0.1, 0.15) is 5.56 Å². The van der Waals surface area contributed by atoms with Gasteiger partial charge in [0.2, 0.25) is 5.95 Å². The largest absolute Gasteiger partial charge is 0.369 e. The molecule has 1 unspecified atom stereocenters. The summed E-state index contributed by atoms with van der Waals surface area (Å²) in [5.41, 5.74) is 5.74. The molecule has 4 N–H and O–H groups in total. The molecule has 2 aromatic rings. The van der Waals surface area contributed by atoms with Crippen LogP contribution in [0, 0.1) is 0 Å². The van der Waals surface area contributed by atoms with E-state index in [0.29, 0.717) is 4.91 Å². The maximum Gasteiger partial charge on any atom is 0.271 e. The highest BCUT2D eigenvalue weighted by Gasteiger charge is 2.25. The zero-order valence-electron chi connectivity index (χ0n) is 9.71. The van der Waals surface area contributed by atoms with Crippen LogP contribution < -0.4 is 16.6 Å². The van der Waals surface area contributed by atoms with Crippen LogP contribution in [0.4, 0.5) is 11.8 Å². The molecule has 1 aromatic heterocycles. The first kappa shape index (κ1) is 11.7. The van der Waals surface area contributed by atoms with Crippen LogP contribution in [0.5, 0.6) is 0 Å². The van der Waals surface area contributed by atoms with Gasteiger partial charge in [0.25, 0.3) is 5.56 Å². The fraction of sp³-hybridized carbons (Fsp3) is 0. The van der Waals surface area contributed by atoms with Crippen LogP contribution in [-0.4, -0.2) is 14.2 Å². The molecule has 1 atom stereocenters. The summed E-state index contributed by atoms with van der Waals surface area (Å²) >= 11 is 0. The Morgan fingerprint density at radius 3 is 2.68 bits per heavy atom. The van der Waals surface area contributed by atoms with Crippen molar-refractivity contribution in [1.29, 1.82) is 0 Å². The van der Waals surface area contributed by atoms with Gasteiger partial charge in [0.05, 0.1) is 15.7 Å². The first-order chi connectivity index (χ1) is 9.16. The molecule has 2 heterocycles. The zero-order valence-corrected chi connectivity index (χ0v) is 10.5. The maximum absolute atomic E-state index is 12.5. The number of nitrogen functional groups attached to an aromatic ring is 1. The lowest BCUT2D eigenvalue weighted by Crippen LogP contribution is -2.23. The highest BCUT2D eigenvalue weighted by atomic mass is 32.2. The maximum atomic E-state index is 12.5. The van der Waals surface area contributed by atoms with E-state index in [2.05, 4.69) is 15.3 Å². The van der Waals surface area contributed by atoms with Gasteiger partial charge < -0.3 is 11.1 Å². The number of fused-ring (bicyclic) bond motifs is 1. The van der Waals surface area contributed by atoms with E-state index < -0.39 is 16.4 Å². The van der Waals surface area contributed by atoms with E-state index in [0.717, 1.165) is 5.56 Å². The predicted molar refractivity (Wildman–Crippen MR) is 73.7 cm³/mol. The second kappa shape index (κ2) is 4.36. The van der Waals surface area contributed by atoms with Gasteiger partial charge in [-0.25, -0.2) is 4.21 Å². The summed E-state index contributed by atoms with van der Waals surface area (Å²) in [6.45, 7) is 0. The molecule has 19 heavy (non-hydrogen) atoms. The van der Waals surface area contributed by atoms with E-state index in [1.165, 1.54) is 0 Å². The molecule has 3 rings (SSSR count). The molecule has 0 spiro atoms. The number of nitrogens with zero attached hydrogens (tertiary/aromatic N) is 1. The van der Waals surface area contributed by atoms with E-state index in [1.54, 1.807) is 6.20 Å². The van der Waals surface area contributed by atoms with Crippen molar-refractivity contribution in [2.24, 2.45) is 0 Å². The molecule has 7 heteroatoms. The number of aromatic amines is 1. The lowest BCUT2D eigenvalue weighted by atomic mass is 10.2. The molecule has 96 valence electrons. The monoisotopic (exact) mass is 274 g/mol. The van der Waals surface area contributed by atoms with Gasteiger partial charge in [0, 0.05) is 6.20 Å². The standard InChI is InChI=1S/C12H10N4O2S/c13-12-15-10-9(11(17)16-12)19(18)8(6-14-10)7-4-2-1-3-5-7/h1-6H,(H4,13,14,15,16,17). The smallest absolute Gasteiger partial charge is 0.271 e. The van der Waals surface area contributed by atoms with Gasteiger partial charge in [-0.05, 0) is 5.56 Å². The van der Waals surface area contributed by atoms with Crippen molar-refractivity contribution in [3.05, 3.63) is 52.4 Å². The number of hydrogen-bond donors (Lipinski definition) is 3. The molecule has 1 aromatic carbocycles. The second-order valence-corrected chi connectivity index (χ2v) is 5.30. The van der Waals surface area contributed by atoms with Crippen molar-refractivity contribution in [1.82, 2.24) is 9.97 Å². The van der Waals surface area contributed by atoms with Gasteiger partial charge >= 0.3 is 0 Å². The molecule has 0 amide bonds. The number of nitrogens with two attached hydrogens (primary N) is 1. The minimum absolute atomic E-state index is 0.00943. The summed E-state index contributed by atoms with van der Waals surface area (Å²) < 4.78 is 12.5. The first-order valence-electron chi connectivity index (χ1n) is 5.50. The third-order valence-electron chi connectivity index (χ3n) is 2.68. The van der Waals surface area contributed by atoms with Crippen molar-refractivity contribution in [3.63, 3.8) is 0 Å². The van der Waals surface area contributed by atoms with Crippen LogP contribution in [0.15, 0.2) is 46.2 Å². The van der Waals surface area contributed by atoms with Gasteiger partial charge in [0.15, 0.2) is 10.7 Å². The molecule has 0 fully saturated rings. The average Bonchev–Trinajstić information content (AvgIpc) is 2.39. The summed E-state index contributed by atoms with van der Waals surface area (Å²) in [4.78, 5) is 18.7. The molecule has 0 aliphatic carbocycles. The number of hydrogen-bond acceptors (Lipinski definition) is 5. The Hall–Kier alpha value is -2.41. The number of nitrogens with one attached hydrogen (secondary N) is 2. The van der Waals surface area contributed by atoms with Crippen LogP contribution in [0.25, 0.3) is 4.91 Å². The quantitative estimate of drug-likeness (QED) is 0.716. The number of benzene rings is 1. The Labute approximate surface area is 110 Å². The zero-order chi connectivity index (χ0) is 13.4. The first-order valence-corrected chi connectivity index (χ1v) is 6.65. The SMILES string of the molecule is Nc1nc2c(c(=O)[nH]1)S(=O)C(c1ccccc1)=CN2. The lowest BCUT2D eigenvalue weighted by Gasteiger charge is -2.16. The van der Waals surface area contributed by atoms with Crippen molar-refractivity contribution in [2.75, 3.05) is 11.1 Å². The van der Waals surface area contributed by atoms with Gasteiger partial charge in [-0.3, -0.25) is 9.78 Å². The Morgan fingerprint density at radius 1 is 1.21 bits per heavy atom. The predicted octanol–water partition coefficient (Wildman–Crippen LogP) is 0.884. The van der Waals surface area contributed by atoms with Crippen LogP contribution in [-0.2, 0) is 10.8 Å². The van der Waals surface area contributed by atoms with Crippen LogP contribution in [0.3, 0.4) is 0 Å². The minimum Gasteiger partial charge on any atom is -0.369 e. The van der Waals surface area contributed by atoms with Crippen molar-refractivity contribution >= 4 is 27.5 Å². The molecule has 1 aliphatic rings. The Bertz CT molecular complexity index is 752. The molecule has 1 aliphatic heterocycles. The molecule has 6 nitrogen and oxygen atoms in total. The number of H-pyrrole nitrogens is 1. The van der Waals surface area contributed by atoms with E-state index >= 15 is 0 Å². The topological polar surface area (TPSA) is 101 Å². The molecule has 0 saturated carbocycles. The van der Waals surface area contributed by atoms with Gasteiger partial charge in [-0.2, -0.15) is 4.98 Å². The average molecular weight is 274 g/mol. The molecular weight excluding hydrogens is 264 g/mol. The number of rotatable bonds is 1. The van der Waals surface area contributed by atoms with Crippen LogP contribution in [0.2, 0.25) is 0 Å². The van der Waals surface area contributed by atoms with Gasteiger partial charge in [-0.1, -0.05) is 30.3 Å². The Kier molecular flexibility index (Phi) is 2.68. The Morgan fingerprint density at radius 2 is 1.95 bits per heavy atom. The van der Waals surface area contributed by atoms with Crippen molar-refractivity contribution < 1.29 is 4.21 Å². The lowest BCUT2D eigenvalue weighted by molar-refractivity contribution is 0.687. The summed E-state index contributed by atoms with van der Waals surface area (Å²) in [7, 11) is -1.59. The van der Waals surface area contributed by atoms with Crippen molar-refractivity contribution in [3.8, 4) is 0 Å². The fourth-order valence-electron chi connectivity index (χ4n) is 1.84. The minimum atomic E-state index is -1.59. The Balaban J connectivity index is 2.14. The van der Waals surface area contributed by atoms with Gasteiger partial charge in [-0.15, -0.1) is 0 Å². The summed E-state index contributed by atoms with van der Waals surface area (Å²) in [5.74, 6) is 0.226. The normalized spacial score (nSPS) is 17.3. The fourth-order valence-corrected chi connectivity index (χ4v) is 3.08. The van der Waals surface area contributed by atoms with E-state index in [-0.39, 0.29) is 16.7 Å². The summed E-state index contributed by atoms with van der Waals surface area (Å²) in [5, 5.41) is 2.86. The van der Waals surface area contributed by atoms with Crippen molar-refractivity contribution in [2.45, 2.75) is 4.90 Å². The van der Waals surface area contributed by atoms with E-state index in [4.69, 9.17) is 5.73 Å². The van der Waals surface area contributed by atoms with E-state index in [9.17, 15) is 9.00 Å².